The van der Waals surface area contributed by atoms with Crippen LogP contribution in [0.5, 0.6) is 0 Å². The van der Waals surface area contributed by atoms with Crippen LogP contribution in [0.1, 0.15) is 25.3 Å². The highest BCUT2D eigenvalue weighted by Gasteiger charge is 2.34. The summed E-state index contributed by atoms with van der Waals surface area (Å²) >= 11 is 0. The fraction of sp³-hybridized carbons (Fsp3) is 0.500. The van der Waals surface area contributed by atoms with Gasteiger partial charge in [0.15, 0.2) is 0 Å². The van der Waals surface area contributed by atoms with Gasteiger partial charge in [-0.25, -0.2) is 4.39 Å². The highest BCUT2D eigenvalue weighted by molar-refractivity contribution is 5.23. The minimum absolute atomic E-state index is 0.215. The topological polar surface area (TPSA) is 27.0 Å². The number of rotatable bonds is 3. The van der Waals surface area contributed by atoms with Crippen molar-refractivity contribution in [1.29, 1.82) is 5.26 Å². The van der Waals surface area contributed by atoms with Gasteiger partial charge in [0.25, 0.3) is 0 Å². The van der Waals surface area contributed by atoms with E-state index >= 15 is 0 Å². The molecule has 1 saturated heterocycles. The van der Waals surface area contributed by atoms with Gasteiger partial charge in [-0.3, -0.25) is 4.90 Å². The van der Waals surface area contributed by atoms with Crippen LogP contribution >= 0.6 is 0 Å². The van der Waals surface area contributed by atoms with Gasteiger partial charge in [-0.1, -0.05) is 18.2 Å². The molecule has 0 aromatic heterocycles. The van der Waals surface area contributed by atoms with Gasteiger partial charge >= 0.3 is 0 Å². The van der Waals surface area contributed by atoms with Gasteiger partial charge in [-0.05, 0) is 44.5 Å². The SMILES string of the molecule is CC(C#N)(Cc1ccccc1F)N1CCCC1. The fourth-order valence-corrected chi connectivity index (χ4v) is 2.45. The Balaban J connectivity index is 2.20. The quantitative estimate of drug-likeness (QED) is 0.801. The summed E-state index contributed by atoms with van der Waals surface area (Å²) < 4.78 is 13.6. The van der Waals surface area contributed by atoms with Gasteiger partial charge < -0.3 is 0 Å². The molecule has 0 N–H and O–H groups in total. The summed E-state index contributed by atoms with van der Waals surface area (Å²) in [5.41, 5.74) is 0.0436. The summed E-state index contributed by atoms with van der Waals surface area (Å²) in [5.74, 6) is -0.215. The zero-order valence-corrected chi connectivity index (χ0v) is 10.1. The van der Waals surface area contributed by atoms with Crippen LogP contribution in [0.3, 0.4) is 0 Å². The number of nitrogens with zero attached hydrogens (tertiary/aromatic N) is 2. The van der Waals surface area contributed by atoms with E-state index in [1.807, 2.05) is 13.0 Å². The van der Waals surface area contributed by atoms with Crippen LogP contribution in [0.25, 0.3) is 0 Å². The third kappa shape index (κ3) is 2.48. The van der Waals surface area contributed by atoms with Crippen LogP contribution < -0.4 is 0 Å². The lowest BCUT2D eigenvalue weighted by atomic mass is 9.92. The standard InChI is InChI=1S/C14H17FN2/c1-14(11-16,17-8-4-5-9-17)10-12-6-2-3-7-13(12)15/h2-3,6-7H,4-5,8-10H2,1H3. The summed E-state index contributed by atoms with van der Waals surface area (Å²) in [6.07, 6.45) is 2.72. The zero-order valence-electron chi connectivity index (χ0n) is 10.1. The molecule has 0 amide bonds. The molecule has 2 rings (SSSR count). The Morgan fingerprint density at radius 3 is 2.59 bits per heavy atom. The van der Waals surface area contributed by atoms with Gasteiger partial charge in [-0.15, -0.1) is 0 Å². The molecular weight excluding hydrogens is 215 g/mol. The first kappa shape index (κ1) is 12.1. The van der Waals surface area contributed by atoms with E-state index in [4.69, 9.17) is 0 Å². The van der Waals surface area contributed by atoms with Crippen molar-refractivity contribution in [2.45, 2.75) is 31.7 Å². The van der Waals surface area contributed by atoms with Crippen molar-refractivity contribution in [3.63, 3.8) is 0 Å². The van der Waals surface area contributed by atoms with Crippen LogP contribution in [0.4, 0.5) is 4.39 Å². The molecule has 90 valence electrons. The molecule has 1 aliphatic heterocycles. The zero-order chi connectivity index (χ0) is 12.3. The van der Waals surface area contributed by atoms with Gasteiger partial charge in [0.1, 0.15) is 11.4 Å². The van der Waals surface area contributed by atoms with Crippen LogP contribution in [0.15, 0.2) is 24.3 Å². The number of benzene rings is 1. The molecule has 3 heteroatoms. The predicted octanol–water partition coefficient (Wildman–Crippen LogP) is 2.75. The molecule has 0 bridgehead atoms. The Morgan fingerprint density at radius 2 is 2.00 bits per heavy atom. The van der Waals surface area contributed by atoms with E-state index in [9.17, 15) is 9.65 Å². The molecule has 17 heavy (non-hydrogen) atoms. The second kappa shape index (κ2) is 4.85. The Kier molecular flexibility index (Phi) is 3.44. The van der Waals surface area contributed by atoms with E-state index in [1.165, 1.54) is 6.07 Å². The second-order valence-corrected chi connectivity index (χ2v) is 4.85. The van der Waals surface area contributed by atoms with Crippen molar-refractivity contribution in [3.05, 3.63) is 35.6 Å². The van der Waals surface area contributed by atoms with Crippen molar-refractivity contribution in [3.8, 4) is 6.07 Å². The van der Waals surface area contributed by atoms with Crippen LogP contribution in [0.2, 0.25) is 0 Å². The smallest absolute Gasteiger partial charge is 0.126 e. The molecule has 1 heterocycles. The normalized spacial score (nSPS) is 19.8. The molecule has 1 aromatic rings. The lowest BCUT2D eigenvalue weighted by Gasteiger charge is -2.32. The average Bonchev–Trinajstić information content (AvgIpc) is 2.86. The minimum Gasteiger partial charge on any atom is -0.285 e. The van der Waals surface area contributed by atoms with Crippen molar-refractivity contribution >= 4 is 0 Å². The fourth-order valence-electron chi connectivity index (χ4n) is 2.45. The largest absolute Gasteiger partial charge is 0.285 e. The highest BCUT2D eigenvalue weighted by atomic mass is 19.1. The molecular formula is C14H17FN2. The molecule has 2 nitrogen and oxygen atoms in total. The Morgan fingerprint density at radius 1 is 1.35 bits per heavy atom. The van der Waals surface area contributed by atoms with Gasteiger partial charge in [-0.2, -0.15) is 5.26 Å². The summed E-state index contributed by atoms with van der Waals surface area (Å²) in [6.45, 7) is 3.79. The predicted molar refractivity (Wildman–Crippen MR) is 64.9 cm³/mol. The summed E-state index contributed by atoms with van der Waals surface area (Å²) in [7, 11) is 0. The first-order chi connectivity index (χ1) is 8.15. The molecule has 0 spiro atoms. The van der Waals surface area contributed by atoms with E-state index in [2.05, 4.69) is 11.0 Å². The van der Waals surface area contributed by atoms with E-state index in [0.717, 1.165) is 25.9 Å². The number of likely N-dealkylation sites (tertiary alicyclic amines) is 1. The molecule has 1 unspecified atom stereocenters. The average molecular weight is 232 g/mol. The highest BCUT2D eigenvalue weighted by Crippen LogP contribution is 2.25. The molecule has 1 fully saturated rings. The van der Waals surface area contributed by atoms with Crippen molar-refractivity contribution in [1.82, 2.24) is 4.90 Å². The van der Waals surface area contributed by atoms with Crippen LogP contribution in [-0.4, -0.2) is 23.5 Å². The van der Waals surface area contributed by atoms with E-state index in [-0.39, 0.29) is 5.82 Å². The third-order valence-corrected chi connectivity index (χ3v) is 3.54. The maximum atomic E-state index is 13.6. The lowest BCUT2D eigenvalue weighted by molar-refractivity contribution is 0.190. The maximum absolute atomic E-state index is 13.6. The van der Waals surface area contributed by atoms with Crippen LogP contribution in [0, 0.1) is 17.1 Å². The van der Waals surface area contributed by atoms with E-state index in [1.54, 1.807) is 12.1 Å². The van der Waals surface area contributed by atoms with Crippen molar-refractivity contribution in [2.75, 3.05) is 13.1 Å². The number of hydrogen-bond donors (Lipinski definition) is 0. The molecule has 0 radical (unpaired) electrons. The van der Waals surface area contributed by atoms with Gasteiger partial charge in [0.2, 0.25) is 0 Å². The number of halogens is 1. The Hall–Kier alpha value is -1.40. The van der Waals surface area contributed by atoms with Crippen LogP contribution in [-0.2, 0) is 6.42 Å². The van der Waals surface area contributed by atoms with E-state index in [0.29, 0.717) is 12.0 Å². The van der Waals surface area contributed by atoms with Gasteiger partial charge in [0.05, 0.1) is 6.07 Å². The Labute approximate surface area is 102 Å². The molecule has 1 aliphatic rings. The van der Waals surface area contributed by atoms with Crippen molar-refractivity contribution in [2.24, 2.45) is 0 Å². The summed E-state index contributed by atoms with van der Waals surface area (Å²) in [4.78, 5) is 2.17. The first-order valence-corrected chi connectivity index (χ1v) is 6.05. The molecule has 0 saturated carbocycles. The minimum atomic E-state index is -0.585. The Bertz CT molecular complexity index is 432. The third-order valence-electron chi connectivity index (χ3n) is 3.54. The second-order valence-electron chi connectivity index (χ2n) is 4.85. The number of hydrogen-bond acceptors (Lipinski definition) is 2. The monoisotopic (exact) mass is 232 g/mol. The first-order valence-electron chi connectivity index (χ1n) is 6.05. The molecule has 1 atom stereocenters. The lowest BCUT2D eigenvalue weighted by Crippen LogP contribution is -2.45. The van der Waals surface area contributed by atoms with Crippen molar-refractivity contribution < 1.29 is 4.39 Å². The number of nitriles is 1. The molecule has 0 aliphatic carbocycles. The summed E-state index contributed by atoms with van der Waals surface area (Å²) in [6, 6.07) is 9.07. The maximum Gasteiger partial charge on any atom is 0.126 e. The van der Waals surface area contributed by atoms with Gasteiger partial charge in [0, 0.05) is 6.42 Å². The van der Waals surface area contributed by atoms with E-state index < -0.39 is 5.54 Å². The molecule has 1 aromatic carbocycles. The summed E-state index contributed by atoms with van der Waals surface area (Å²) in [5, 5.41) is 9.38.